The molecule has 0 amide bonds. The summed E-state index contributed by atoms with van der Waals surface area (Å²) in [6, 6.07) is 0. The molecule has 0 N–H and O–H groups in total. The summed E-state index contributed by atoms with van der Waals surface area (Å²) in [5.74, 6) is 1.85. The number of carbonyl (C=O) groups excluding carboxylic acids is 2. The molecule has 2 unspecified atom stereocenters. The average Bonchev–Trinajstić information content (AvgIpc) is 3.45. The zero-order valence-electron chi connectivity index (χ0n) is 22.1. The van der Waals surface area contributed by atoms with Crippen molar-refractivity contribution in [3.8, 4) is 0 Å². The minimum absolute atomic E-state index is 0.104. The quantitative estimate of drug-likeness (QED) is 0.371. The molecule has 0 aliphatic heterocycles. The standard InChI is InChI=1S/C29H44N2O4/c1-5-6-15-34-21-9-11-28(3)20(16-21)7-8-22-23(28)10-12-29(4)24(27(33)31-14-13-30-18-31)17-25(26(22)29)35-19(2)32/h13-14,18,20-26H,5-12,15-17H2,1-4H3/t20?,21-,22+,23-,24+,25+,26?,28-,29+/m0/s1. The van der Waals surface area contributed by atoms with E-state index < -0.39 is 0 Å². The maximum atomic E-state index is 13.6. The Kier molecular flexibility index (Phi) is 6.88. The fraction of sp³-hybridized carbons (Fsp3) is 0.828. The summed E-state index contributed by atoms with van der Waals surface area (Å²) < 4.78 is 13.9. The SMILES string of the molecule is CCCCO[C@H]1CC[C@@]2(C)C(CC[C@H]3C4[C@H](OC(C)=O)C[C@H](C(=O)n5ccnc5)[C@@]4(C)CC[C@@H]32)C1. The van der Waals surface area contributed by atoms with Gasteiger partial charge in [0.2, 0.25) is 5.91 Å². The Morgan fingerprint density at radius 1 is 1.09 bits per heavy atom. The van der Waals surface area contributed by atoms with Gasteiger partial charge in [0, 0.05) is 37.8 Å². The van der Waals surface area contributed by atoms with Crippen molar-refractivity contribution in [1.82, 2.24) is 9.55 Å². The monoisotopic (exact) mass is 484 g/mol. The molecule has 1 aromatic heterocycles. The van der Waals surface area contributed by atoms with E-state index in [9.17, 15) is 9.59 Å². The van der Waals surface area contributed by atoms with Gasteiger partial charge in [-0.1, -0.05) is 27.2 Å². The van der Waals surface area contributed by atoms with Gasteiger partial charge in [0.1, 0.15) is 12.4 Å². The van der Waals surface area contributed by atoms with Gasteiger partial charge in [-0.25, -0.2) is 4.98 Å². The van der Waals surface area contributed by atoms with Gasteiger partial charge < -0.3 is 9.47 Å². The Labute approximate surface area is 210 Å². The molecule has 0 spiro atoms. The van der Waals surface area contributed by atoms with Crippen LogP contribution in [0.25, 0.3) is 0 Å². The van der Waals surface area contributed by atoms with Crippen LogP contribution in [0.3, 0.4) is 0 Å². The summed E-state index contributed by atoms with van der Waals surface area (Å²) >= 11 is 0. The topological polar surface area (TPSA) is 70.4 Å². The summed E-state index contributed by atoms with van der Waals surface area (Å²) in [5.41, 5.74) is 0.175. The minimum Gasteiger partial charge on any atom is -0.462 e. The van der Waals surface area contributed by atoms with Crippen LogP contribution < -0.4 is 0 Å². The Morgan fingerprint density at radius 2 is 1.89 bits per heavy atom. The van der Waals surface area contributed by atoms with Gasteiger partial charge in [-0.15, -0.1) is 0 Å². The third-order valence-electron chi connectivity index (χ3n) is 10.8. The van der Waals surface area contributed by atoms with Crippen molar-refractivity contribution >= 4 is 11.9 Å². The molecule has 1 aromatic rings. The number of aromatic nitrogens is 2. The molecular formula is C29H44N2O4. The van der Waals surface area contributed by atoms with E-state index in [0.29, 0.717) is 35.7 Å². The Morgan fingerprint density at radius 3 is 2.60 bits per heavy atom. The fourth-order valence-corrected chi connectivity index (χ4v) is 9.08. The highest BCUT2D eigenvalue weighted by molar-refractivity contribution is 5.82. The van der Waals surface area contributed by atoms with Crippen LogP contribution in [0.2, 0.25) is 0 Å². The fourth-order valence-electron chi connectivity index (χ4n) is 9.08. The second-order valence-electron chi connectivity index (χ2n) is 12.5. The summed E-state index contributed by atoms with van der Waals surface area (Å²) in [4.78, 5) is 29.8. The lowest BCUT2D eigenvalue weighted by Gasteiger charge is -2.61. The number of unbranched alkanes of at least 4 members (excludes halogenated alkanes) is 1. The lowest BCUT2D eigenvalue weighted by Crippen LogP contribution is -2.56. The van der Waals surface area contributed by atoms with Crippen molar-refractivity contribution < 1.29 is 19.1 Å². The van der Waals surface area contributed by atoms with Crippen molar-refractivity contribution in [3.63, 3.8) is 0 Å². The number of fused-ring (bicyclic) bond motifs is 5. The summed E-state index contributed by atoms with van der Waals surface area (Å²) in [7, 11) is 0. The van der Waals surface area contributed by atoms with E-state index in [1.165, 1.54) is 45.4 Å². The molecule has 0 saturated heterocycles. The minimum atomic E-state index is -0.222. The second kappa shape index (κ2) is 9.64. The molecular weight excluding hydrogens is 440 g/mol. The molecule has 5 rings (SSSR count). The van der Waals surface area contributed by atoms with Gasteiger partial charge in [0.05, 0.1) is 6.10 Å². The summed E-state index contributed by atoms with van der Waals surface area (Å²) in [5, 5.41) is 0. The van der Waals surface area contributed by atoms with Gasteiger partial charge in [-0.05, 0) is 86.4 Å². The molecule has 0 bridgehead atoms. The van der Waals surface area contributed by atoms with Crippen LogP contribution in [-0.2, 0) is 14.3 Å². The zero-order chi connectivity index (χ0) is 24.8. The van der Waals surface area contributed by atoms with E-state index in [1.54, 1.807) is 23.3 Å². The molecule has 4 saturated carbocycles. The first kappa shape index (κ1) is 25.0. The summed E-state index contributed by atoms with van der Waals surface area (Å²) in [6.45, 7) is 9.49. The third kappa shape index (κ3) is 4.28. The predicted molar refractivity (Wildman–Crippen MR) is 134 cm³/mol. The second-order valence-corrected chi connectivity index (χ2v) is 12.5. The number of nitrogens with zero attached hydrogens (tertiary/aromatic N) is 2. The van der Waals surface area contributed by atoms with Crippen molar-refractivity contribution in [2.75, 3.05) is 6.61 Å². The molecule has 35 heavy (non-hydrogen) atoms. The Bertz CT molecular complexity index is 916. The summed E-state index contributed by atoms with van der Waals surface area (Å²) in [6.07, 6.45) is 16.4. The average molecular weight is 485 g/mol. The van der Waals surface area contributed by atoms with Gasteiger partial charge in [0.15, 0.2) is 0 Å². The third-order valence-corrected chi connectivity index (χ3v) is 10.8. The molecule has 194 valence electrons. The molecule has 0 aromatic carbocycles. The number of hydrogen-bond acceptors (Lipinski definition) is 5. The van der Waals surface area contributed by atoms with E-state index in [4.69, 9.17) is 9.47 Å². The van der Waals surface area contributed by atoms with Crippen LogP contribution in [0.5, 0.6) is 0 Å². The predicted octanol–water partition coefficient (Wildman–Crippen LogP) is 5.91. The van der Waals surface area contributed by atoms with Crippen molar-refractivity contribution in [2.45, 2.75) is 104 Å². The number of rotatable bonds is 6. The molecule has 6 nitrogen and oxygen atoms in total. The lowest BCUT2D eigenvalue weighted by molar-refractivity contribution is -0.165. The maximum Gasteiger partial charge on any atom is 0.302 e. The highest BCUT2D eigenvalue weighted by Crippen LogP contribution is 2.68. The van der Waals surface area contributed by atoms with Gasteiger partial charge in [-0.3, -0.25) is 14.2 Å². The largest absolute Gasteiger partial charge is 0.462 e. The normalized spacial score (nSPS) is 42.6. The van der Waals surface area contributed by atoms with E-state index >= 15 is 0 Å². The zero-order valence-corrected chi connectivity index (χ0v) is 22.1. The Balaban J connectivity index is 1.39. The molecule has 4 aliphatic carbocycles. The lowest BCUT2D eigenvalue weighted by atomic mass is 9.44. The van der Waals surface area contributed by atoms with Crippen molar-refractivity contribution in [1.29, 1.82) is 0 Å². The highest BCUT2D eigenvalue weighted by Gasteiger charge is 2.65. The van der Waals surface area contributed by atoms with E-state index in [2.05, 4.69) is 25.8 Å². The van der Waals surface area contributed by atoms with Crippen LogP contribution in [0.1, 0.15) is 96.7 Å². The van der Waals surface area contributed by atoms with Gasteiger partial charge >= 0.3 is 5.97 Å². The molecule has 0 radical (unpaired) electrons. The Hall–Kier alpha value is -1.69. The van der Waals surface area contributed by atoms with E-state index in [-0.39, 0.29) is 35.2 Å². The van der Waals surface area contributed by atoms with Gasteiger partial charge in [0.25, 0.3) is 0 Å². The van der Waals surface area contributed by atoms with Crippen LogP contribution in [-0.4, -0.2) is 40.2 Å². The van der Waals surface area contributed by atoms with Crippen molar-refractivity contribution in [3.05, 3.63) is 18.7 Å². The van der Waals surface area contributed by atoms with Crippen LogP contribution in [0.4, 0.5) is 0 Å². The molecule has 9 atom stereocenters. The number of hydrogen-bond donors (Lipinski definition) is 0. The molecule has 4 aliphatic rings. The van der Waals surface area contributed by atoms with E-state index in [0.717, 1.165) is 25.9 Å². The van der Waals surface area contributed by atoms with E-state index in [1.807, 2.05) is 0 Å². The molecule has 6 heteroatoms. The number of ether oxygens (including phenoxy) is 2. The smallest absolute Gasteiger partial charge is 0.302 e. The van der Waals surface area contributed by atoms with Crippen LogP contribution in [0.15, 0.2) is 18.7 Å². The molecule has 4 fully saturated rings. The first-order valence-corrected chi connectivity index (χ1v) is 14.1. The van der Waals surface area contributed by atoms with Crippen molar-refractivity contribution in [2.24, 2.45) is 40.4 Å². The highest BCUT2D eigenvalue weighted by atomic mass is 16.5. The maximum absolute atomic E-state index is 13.6. The number of carbonyl (C=O) groups is 2. The van der Waals surface area contributed by atoms with Gasteiger partial charge in [-0.2, -0.15) is 0 Å². The number of imidazole rings is 1. The van der Waals surface area contributed by atoms with Crippen LogP contribution in [0, 0.1) is 40.4 Å². The van der Waals surface area contributed by atoms with Crippen LogP contribution >= 0.6 is 0 Å². The first-order valence-electron chi connectivity index (χ1n) is 14.1. The molecule has 1 heterocycles. The first-order chi connectivity index (χ1) is 16.8. The number of esters is 1.